The van der Waals surface area contributed by atoms with Crippen molar-refractivity contribution in [2.45, 2.75) is 20.3 Å². The molecule has 0 bridgehead atoms. The lowest BCUT2D eigenvalue weighted by atomic mass is 10.1. The Hall–Kier alpha value is -1.57. The zero-order valence-corrected chi connectivity index (χ0v) is 8.58. The molecule has 2 heteroatoms. The first-order valence-corrected chi connectivity index (χ1v) is 4.61. The quantitative estimate of drug-likeness (QED) is 0.778. The molecular weight excluding hydrogens is 174 g/mol. The molecule has 0 atom stereocenters. The van der Waals surface area contributed by atoms with Crippen LogP contribution in [0.25, 0.3) is 6.08 Å². The molecule has 0 unspecified atom stereocenters. The summed E-state index contributed by atoms with van der Waals surface area (Å²) in [7, 11) is 0. The normalized spacial score (nSPS) is 10.7. The summed E-state index contributed by atoms with van der Waals surface area (Å²) in [4.78, 5) is 10.5. The summed E-state index contributed by atoms with van der Waals surface area (Å²) in [5.74, 6) is -0.301. The molecule has 0 heterocycles. The van der Waals surface area contributed by atoms with Crippen LogP contribution in [-0.2, 0) is 4.79 Å². The van der Waals surface area contributed by atoms with Crippen molar-refractivity contribution in [3.63, 3.8) is 0 Å². The Morgan fingerprint density at radius 1 is 1.36 bits per heavy atom. The van der Waals surface area contributed by atoms with Gasteiger partial charge in [-0.1, -0.05) is 30.4 Å². The number of nitrogens with two attached hydrogens (primary N) is 1. The van der Waals surface area contributed by atoms with Gasteiger partial charge in [0.2, 0.25) is 5.91 Å². The molecule has 2 N–H and O–H groups in total. The van der Waals surface area contributed by atoms with Crippen molar-refractivity contribution < 1.29 is 4.79 Å². The number of rotatable bonds is 3. The molecule has 0 spiro atoms. The first kappa shape index (κ1) is 10.5. The lowest BCUT2D eigenvalue weighted by Crippen LogP contribution is -2.07. The second-order valence-electron chi connectivity index (χ2n) is 3.42. The third-order valence-electron chi connectivity index (χ3n) is 2.16. The summed E-state index contributed by atoms with van der Waals surface area (Å²) in [6, 6.07) is 6.19. The van der Waals surface area contributed by atoms with Crippen LogP contribution in [0.5, 0.6) is 0 Å². The van der Waals surface area contributed by atoms with E-state index in [1.54, 1.807) is 6.08 Å². The predicted octanol–water partition coefficient (Wildman–Crippen LogP) is 2.19. The highest BCUT2D eigenvalue weighted by atomic mass is 16.1. The fourth-order valence-corrected chi connectivity index (χ4v) is 1.18. The van der Waals surface area contributed by atoms with Gasteiger partial charge in [-0.25, -0.2) is 0 Å². The highest BCUT2D eigenvalue weighted by Gasteiger charge is 1.93. The molecule has 1 amide bonds. The van der Waals surface area contributed by atoms with Gasteiger partial charge in [0.15, 0.2) is 0 Å². The lowest BCUT2D eigenvalue weighted by Gasteiger charge is -2.00. The minimum Gasteiger partial charge on any atom is -0.369 e. The Bertz CT molecular complexity index is 367. The Labute approximate surface area is 84.4 Å². The summed E-state index contributed by atoms with van der Waals surface area (Å²) < 4.78 is 0. The molecule has 0 aromatic heterocycles. The Morgan fingerprint density at radius 2 is 2.07 bits per heavy atom. The number of benzene rings is 1. The van der Waals surface area contributed by atoms with Gasteiger partial charge in [0.1, 0.15) is 0 Å². The molecule has 0 aliphatic carbocycles. The molecule has 0 aliphatic heterocycles. The molecule has 1 rings (SSSR count). The van der Waals surface area contributed by atoms with E-state index >= 15 is 0 Å². The number of hydrogen-bond acceptors (Lipinski definition) is 1. The number of primary amides is 1. The highest BCUT2D eigenvalue weighted by molar-refractivity contribution is 5.76. The van der Waals surface area contributed by atoms with Gasteiger partial charge in [0.05, 0.1) is 0 Å². The van der Waals surface area contributed by atoms with Gasteiger partial charge in [0.25, 0.3) is 0 Å². The van der Waals surface area contributed by atoms with E-state index in [4.69, 9.17) is 5.73 Å². The maximum absolute atomic E-state index is 10.5. The second kappa shape index (κ2) is 4.61. The Kier molecular flexibility index (Phi) is 3.46. The van der Waals surface area contributed by atoms with Crippen LogP contribution in [0.1, 0.15) is 23.1 Å². The Balaban J connectivity index is 2.73. The smallest absolute Gasteiger partial charge is 0.221 e. The summed E-state index contributed by atoms with van der Waals surface area (Å²) in [5.41, 5.74) is 8.66. The molecule has 2 nitrogen and oxygen atoms in total. The van der Waals surface area contributed by atoms with E-state index in [0.717, 1.165) is 5.56 Å². The maximum atomic E-state index is 10.5. The Morgan fingerprint density at radius 3 is 2.64 bits per heavy atom. The predicted molar refractivity (Wildman–Crippen MR) is 58.8 cm³/mol. The van der Waals surface area contributed by atoms with Crippen molar-refractivity contribution in [2.24, 2.45) is 5.73 Å². The van der Waals surface area contributed by atoms with Gasteiger partial charge < -0.3 is 5.73 Å². The molecule has 14 heavy (non-hydrogen) atoms. The third-order valence-corrected chi connectivity index (χ3v) is 2.16. The average molecular weight is 189 g/mol. The van der Waals surface area contributed by atoms with E-state index in [1.165, 1.54) is 11.1 Å². The maximum Gasteiger partial charge on any atom is 0.221 e. The summed E-state index contributed by atoms with van der Waals surface area (Å²) >= 11 is 0. The van der Waals surface area contributed by atoms with Crippen LogP contribution in [-0.4, -0.2) is 5.91 Å². The van der Waals surface area contributed by atoms with Crippen molar-refractivity contribution in [3.8, 4) is 0 Å². The summed E-state index contributed by atoms with van der Waals surface area (Å²) in [5, 5.41) is 0. The summed E-state index contributed by atoms with van der Waals surface area (Å²) in [6.07, 6.45) is 4.00. The fraction of sp³-hybridized carbons (Fsp3) is 0.250. The number of amides is 1. The van der Waals surface area contributed by atoms with Gasteiger partial charge >= 0.3 is 0 Å². The van der Waals surface area contributed by atoms with Crippen molar-refractivity contribution in [1.82, 2.24) is 0 Å². The van der Waals surface area contributed by atoms with Crippen LogP contribution in [0.2, 0.25) is 0 Å². The van der Waals surface area contributed by atoms with E-state index in [0.29, 0.717) is 6.42 Å². The molecule has 74 valence electrons. The molecular formula is C12H15NO. The lowest BCUT2D eigenvalue weighted by molar-refractivity contribution is -0.117. The minimum atomic E-state index is -0.301. The van der Waals surface area contributed by atoms with E-state index in [-0.39, 0.29) is 5.91 Å². The fourth-order valence-electron chi connectivity index (χ4n) is 1.18. The first-order valence-electron chi connectivity index (χ1n) is 4.61. The molecule has 0 saturated carbocycles. The van der Waals surface area contributed by atoms with Crippen LogP contribution in [0.3, 0.4) is 0 Å². The average Bonchev–Trinajstić information content (AvgIpc) is 2.10. The van der Waals surface area contributed by atoms with Crippen molar-refractivity contribution in [2.75, 3.05) is 0 Å². The van der Waals surface area contributed by atoms with E-state index in [9.17, 15) is 4.79 Å². The number of hydrogen-bond donors (Lipinski definition) is 1. The molecule has 0 fully saturated rings. The molecule has 0 saturated heterocycles. The summed E-state index contributed by atoms with van der Waals surface area (Å²) in [6.45, 7) is 4.15. The van der Waals surface area contributed by atoms with Gasteiger partial charge in [0, 0.05) is 6.42 Å². The van der Waals surface area contributed by atoms with Crippen LogP contribution in [0.15, 0.2) is 24.3 Å². The number of aryl methyl sites for hydroxylation is 2. The van der Waals surface area contributed by atoms with Crippen LogP contribution >= 0.6 is 0 Å². The van der Waals surface area contributed by atoms with Gasteiger partial charge in [-0.15, -0.1) is 0 Å². The van der Waals surface area contributed by atoms with Crippen molar-refractivity contribution in [3.05, 3.63) is 41.0 Å². The van der Waals surface area contributed by atoms with Crippen LogP contribution in [0.4, 0.5) is 0 Å². The zero-order chi connectivity index (χ0) is 10.6. The highest BCUT2D eigenvalue weighted by Crippen LogP contribution is 2.11. The van der Waals surface area contributed by atoms with Crippen molar-refractivity contribution in [1.29, 1.82) is 0 Å². The number of carbonyl (C=O) groups is 1. The van der Waals surface area contributed by atoms with Crippen LogP contribution < -0.4 is 5.73 Å². The third kappa shape index (κ3) is 3.05. The first-order chi connectivity index (χ1) is 6.59. The van der Waals surface area contributed by atoms with Crippen molar-refractivity contribution >= 4 is 12.0 Å². The number of carbonyl (C=O) groups excluding carboxylic acids is 1. The van der Waals surface area contributed by atoms with Gasteiger partial charge in [-0.05, 0) is 30.5 Å². The molecule has 1 aromatic carbocycles. The largest absolute Gasteiger partial charge is 0.369 e. The molecule has 0 radical (unpaired) electrons. The van der Waals surface area contributed by atoms with Crippen LogP contribution in [0, 0.1) is 13.8 Å². The minimum absolute atomic E-state index is 0.299. The van der Waals surface area contributed by atoms with Gasteiger partial charge in [-0.3, -0.25) is 4.79 Å². The van der Waals surface area contributed by atoms with Gasteiger partial charge in [-0.2, -0.15) is 0 Å². The topological polar surface area (TPSA) is 43.1 Å². The SMILES string of the molecule is Cc1ccc(C=CCC(N)=O)cc1C. The molecule has 1 aromatic rings. The second-order valence-corrected chi connectivity index (χ2v) is 3.42. The van der Waals surface area contributed by atoms with E-state index in [1.807, 2.05) is 12.1 Å². The standard InChI is InChI=1S/C12H15NO/c1-9-6-7-11(8-10(9)2)4-3-5-12(13)14/h3-4,6-8H,5H2,1-2H3,(H2,13,14). The van der Waals surface area contributed by atoms with E-state index in [2.05, 4.69) is 26.0 Å². The van der Waals surface area contributed by atoms with E-state index < -0.39 is 0 Å². The zero-order valence-electron chi connectivity index (χ0n) is 8.58. The monoisotopic (exact) mass is 189 g/mol. The molecule has 0 aliphatic rings.